The fraction of sp³-hybridized carbons (Fsp3) is 0.222. The van der Waals surface area contributed by atoms with Crippen LogP contribution in [-0.4, -0.2) is 18.9 Å². The number of rotatable bonds is 4. The molecule has 2 aromatic rings. The molecule has 5 nitrogen and oxygen atoms in total. The van der Waals surface area contributed by atoms with Crippen molar-refractivity contribution in [2.75, 3.05) is 17.7 Å². The summed E-state index contributed by atoms with van der Waals surface area (Å²) in [4.78, 5) is 23.7. The van der Waals surface area contributed by atoms with E-state index in [0.29, 0.717) is 17.1 Å². The van der Waals surface area contributed by atoms with Crippen molar-refractivity contribution in [2.45, 2.75) is 20.8 Å². The first-order valence-electron chi connectivity index (χ1n) is 7.35. The third-order valence-electron chi connectivity index (χ3n) is 3.61. The van der Waals surface area contributed by atoms with Gasteiger partial charge in [-0.3, -0.25) is 9.59 Å². The number of amides is 2. The van der Waals surface area contributed by atoms with Crippen molar-refractivity contribution in [1.29, 1.82) is 0 Å². The van der Waals surface area contributed by atoms with Gasteiger partial charge in [0, 0.05) is 18.7 Å². The van der Waals surface area contributed by atoms with Gasteiger partial charge in [0.05, 0.1) is 23.4 Å². The number of anilines is 2. The van der Waals surface area contributed by atoms with E-state index >= 15 is 0 Å². The Morgan fingerprint density at radius 2 is 1.75 bits per heavy atom. The van der Waals surface area contributed by atoms with Crippen molar-refractivity contribution in [3.05, 3.63) is 52.0 Å². The highest BCUT2D eigenvalue weighted by atomic mass is 35.5. The van der Waals surface area contributed by atoms with Crippen molar-refractivity contribution in [3.8, 4) is 5.75 Å². The van der Waals surface area contributed by atoms with Crippen LogP contribution in [0.15, 0.2) is 30.3 Å². The summed E-state index contributed by atoms with van der Waals surface area (Å²) < 4.78 is 5.25. The minimum atomic E-state index is -0.341. The first-order chi connectivity index (χ1) is 11.3. The molecule has 0 aliphatic carbocycles. The lowest BCUT2D eigenvalue weighted by Crippen LogP contribution is -2.14. The molecule has 0 aliphatic rings. The molecule has 0 bridgehead atoms. The maximum Gasteiger partial charge on any atom is 0.259 e. The number of hydrogen-bond donors (Lipinski definition) is 2. The van der Waals surface area contributed by atoms with Crippen LogP contribution in [0, 0.1) is 13.8 Å². The Balaban J connectivity index is 2.32. The van der Waals surface area contributed by atoms with Crippen LogP contribution in [0.4, 0.5) is 11.4 Å². The van der Waals surface area contributed by atoms with Gasteiger partial charge in [-0.25, -0.2) is 0 Å². The van der Waals surface area contributed by atoms with Gasteiger partial charge in [0.2, 0.25) is 5.91 Å². The summed E-state index contributed by atoms with van der Waals surface area (Å²) in [6.45, 7) is 5.36. The predicted molar refractivity (Wildman–Crippen MR) is 96.2 cm³/mol. The Bertz CT molecular complexity index is 803. The Kier molecular flexibility index (Phi) is 5.46. The topological polar surface area (TPSA) is 67.4 Å². The smallest absolute Gasteiger partial charge is 0.259 e. The Hall–Kier alpha value is -2.53. The second-order valence-corrected chi connectivity index (χ2v) is 5.87. The molecule has 0 aliphatic heterocycles. The molecule has 2 amide bonds. The summed E-state index contributed by atoms with van der Waals surface area (Å²) in [7, 11) is 1.45. The molecule has 0 spiro atoms. The first-order valence-corrected chi connectivity index (χ1v) is 7.73. The molecule has 0 unspecified atom stereocenters. The third kappa shape index (κ3) is 4.06. The summed E-state index contributed by atoms with van der Waals surface area (Å²) in [5, 5.41) is 5.68. The number of hydrogen-bond acceptors (Lipinski definition) is 3. The Morgan fingerprint density at radius 1 is 1.04 bits per heavy atom. The summed E-state index contributed by atoms with van der Waals surface area (Å²) in [5.74, 6) is -0.276. The molecule has 2 rings (SSSR count). The lowest BCUT2D eigenvalue weighted by molar-refractivity contribution is -0.114. The average molecular weight is 347 g/mol. The fourth-order valence-electron chi connectivity index (χ4n) is 2.20. The number of ether oxygens (including phenoxy) is 1. The molecule has 0 saturated carbocycles. The maximum absolute atomic E-state index is 12.5. The fourth-order valence-corrected chi connectivity index (χ4v) is 2.41. The maximum atomic E-state index is 12.5. The van der Waals surface area contributed by atoms with Gasteiger partial charge in [0.15, 0.2) is 0 Å². The van der Waals surface area contributed by atoms with E-state index in [9.17, 15) is 9.59 Å². The first kappa shape index (κ1) is 17.8. The lowest BCUT2D eigenvalue weighted by Gasteiger charge is -2.13. The van der Waals surface area contributed by atoms with Gasteiger partial charge >= 0.3 is 0 Å². The zero-order valence-corrected chi connectivity index (χ0v) is 14.7. The van der Waals surface area contributed by atoms with E-state index in [-0.39, 0.29) is 22.4 Å². The van der Waals surface area contributed by atoms with Gasteiger partial charge in [-0.05, 0) is 43.2 Å². The standard InChI is InChI=1S/C18H19ClN2O3/c1-10-5-6-13(7-11(10)2)21-18(23)14-8-15(19)16(20-12(3)22)9-17(14)24-4/h5-9H,1-4H3,(H,20,22)(H,21,23). The lowest BCUT2D eigenvalue weighted by atomic mass is 10.1. The largest absolute Gasteiger partial charge is 0.496 e. The molecule has 0 fully saturated rings. The molecule has 24 heavy (non-hydrogen) atoms. The van der Waals surface area contributed by atoms with E-state index in [2.05, 4.69) is 10.6 Å². The van der Waals surface area contributed by atoms with Gasteiger partial charge < -0.3 is 15.4 Å². The van der Waals surface area contributed by atoms with E-state index in [4.69, 9.17) is 16.3 Å². The van der Waals surface area contributed by atoms with Crippen molar-refractivity contribution in [3.63, 3.8) is 0 Å². The van der Waals surface area contributed by atoms with Crippen molar-refractivity contribution in [1.82, 2.24) is 0 Å². The second-order valence-electron chi connectivity index (χ2n) is 5.47. The number of nitrogens with one attached hydrogen (secondary N) is 2. The van der Waals surface area contributed by atoms with E-state index in [0.717, 1.165) is 11.1 Å². The van der Waals surface area contributed by atoms with Crippen LogP contribution in [0.5, 0.6) is 5.75 Å². The molecular weight excluding hydrogens is 328 g/mol. The van der Waals surface area contributed by atoms with Gasteiger partial charge in [0.25, 0.3) is 5.91 Å². The van der Waals surface area contributed by atoms with E-state index in [1.807, 2.05) is 32.0 Å². The molecular formula is C18H19ClN2O3. The molecule has 0 aromatic heterocycles. The van der Waals surface area contributed by atoms with Crippen molar-refractivity contribution >= 4 is 34.8 Å². The number of carbonyl (C=O) groups is 2. The van der Waals surface area contributed by atoms with Crippen LogP contribution < -0.4 is 15.4 Å². The van der Waals surface area contributed by atoms with Crippen LogP contribution in [0.1, 0.15) is 28.4 Å². The number of halogens is 1. The minimum absolute atomic E-state index is 0.258. The van der Waals surface area contributed by atoms with Crippen LogP contribution in [-0.2, 0) is 4.79 Å². The molecule has 126 valence electrons. The normalized spacial score (nSPS) is 10.2. The van der Waals surface area contributed by atoms with Crippen LogP contribution >= 0.6 is 11.6 Å². The van der Waals surface area contributed by atoms with Crippen LogP contribution in [0.2, 0.25) is 5.02 Å². The highest BCUT2D eigenvalue weighted by Crippen LogP contribution is 2.31. The number of aryl methyl sites for hydroxylation is 2. The zero-order valence-electron chi connectivity index (χ0n) is 14.0. The van der Waals surface area contributed by atoms with Crippen LogP contribution in [0.25, 0.3) is 0 Å². The molecule has 0 atom stereocenters. The van der Waals surface area contributed by atoms with Gasteiger partial charge in [-0.2, -0.15) is 0 Å². The van der Waals surface area contributed by atoms with E-state index in [1.54, 1.807) is 0 Å². The molecule has 2 N–H and O–H groups in total. The number of carbonyl (C=O) groups excluding carboxylic acids is 2. The van der Waals surface area contributed by atoms with Gasteiger partial charge in [0.1, 0.15) is 5.75 Å². The number of methoxy groups -OCH3 is 1. The Labute approximate surface area is 146 Å². The minimum Gasteiger partial charge on any atom is -0.496 e. The molecule has 6 heteroatoms. The summed E-state index contributed by atoms with van der Waals surface area (Å²) in [6.07, 6.45) is 0. The SMILES string of the molecule is COc1cc(NC(C)=O)c(Cl)cc1C(=O)Nc1ccc(C)c(C)c1. The monoisotopic (exact) mass is 346 g/mol. The summed E-state index contributed by atoms with van der Waals surface area (Å²) >= 11 is 6.15. The number of benzene rings is 2. The summed E-state index contributed by atoms with van der Waals surface area (Å²) in [6, 6.07) is 8.67. The zero-order chi connectivity index (χ0) is 17.9. The Morgan fingerprint density at radius 3 is 2.33 bits per heavy atom. The van der Waals surface area contributed by atoms with E-state index < -0.39 is 0 Å². The molecule has 0 radical (unpaired) electrons. The van der Waals surface area contributed by atoms with E-state index in [1.165, 1.54) is 26.2 Å². The average Bonchev–Trinajstić information content (AvgIpc) is 2.52. The molecule has 2 aromatic carbocycles. The second kappa shape index (κ2) is 7.36. The highest BCUT2D eigenvalue weighted by molar-refractivity contribution is 6.34. The van der Waals surface area contributed by atoms with Gasteiger partial charge in [-0.15, -0.1) is 0 Å². The predicted octanol–water partition coefficient (Wildman–Crippen LogP) is 4.18. The highest BCUT2D eigenvalue weighted by Gasteiger charge is 2.17. The quantitative estimate of drug-likeness (QED) is 0.872. The van der Waals surface area contributed by atoms with Crippen LogP contribution in [0.3, 0.4) is 0 Å². The van der Waals surface area contributed by atoms with Gasteiger partial charge in [-0.1, -0.05) is 17.7 Å². The van der Waals surface area contributed by atoms with Crippen molar-refractivity contribution < 1.29 is 14.3 Å². The molecule has 0 saturated heterocycles. The summed E-state index contributed by atoms with van der Waals surface area (Å²) in [5.41, 5.74) is 3.60. The van der Waals surface area contributed by atoms with Crippen molar-refractivity contribution in [2.24, 2.45) is 0 Å². The molecule has 0 heterocycles. The third-order valence-corrected chi connectivity index (χ3v) is 3.92.